The van der Waals surface area contributed by atoms with Crippen LogP contribution in [0, 0.1) is 5.82 Å². The third-order valence-corrected chi connectivity index (χ3v) is 7.06. The molecule has 0 radical (unpaired) electrons. The lowest BCUT2D eigenvalue weighted by atomic mass is 9.96. The quantitative estimate of drug-likeness (QED) is 0.464. The lowest BCUT2D eigenvalue weighted by Gasteiger charge is -2.43. The van der Waals surface area contributed by atoms with Gasteiger partial charge in [0.15, 0.2) is 0 Å². The number of rotatable bonds is 8. The Balaban J connectivity index is 1.27. The second-order valence-electron chi connectivity index (χ2n) is 9.76. The average molecular weight is 510 g/mol. The third kappa shape index (κ3) is 6.07. The number of amides is 2. The average Bonchev–Trinajstić information content (AvgIpc) is 3.35. The highest BCUT2D eigenvalue weighted by Crippen LogP contribution is 2.27. The number of para-hydroxylation sites is 1. The molecule has 0 saturated carbocycles. The Morgan fingerprint density at radius 3 is 2.57 bits per heavy atom. The smallest absolute Gasteiger partial charge is 0.225 e. The molecular formula is C27H32FN5O4. The van der Waals surface area contributed by atoms with Crippen LogP contribution in [0.15, 0.2) is 48.5 Å². The molecule has 5 rings (SSSR count). The van der Waals surface area contributed by atoms with Crippen LogP contribution in [0.4, 0.5) is 4.39 Å². The maximum atomic E-state index is 13.4. The van der Waals surface area contributed by atoms with Gasteiger partial charge in [-0.05, 0) is 55.7 Å². The number of nitrogens with zero attached hydrogens (tertiary/aromatic N) is 5. The fourth-order valence-corrected chi connectivity index (χ4v) is 5.02. The van der Waals surface area contributed by atoms with Crippen molar-refractivity contribution in [3.63, 3.8) is 0 Å². The summed E-state index contributed by atoms with van der Waals surface area (Å²) in [4.78, 5) is 30.1. The number of carbonyl (C=O) groups is 2. The summed E-state index contributed by atoms with van der Waals surface area (Å²) in [5.41, 5.74) is 0.678. The maximum Gasteiger partial charge on any atom is 0.225 e. The van der Waals surface area contributed by atoms with E-state index in [1.54, 1.807) is 21.7 Å². The van der Waals surface area contributed by atoms with Crippen molar-refractivity contribution in [2.45, 2.75) is 44.2 Å². The number of fused-ring (bicyclic) bond motifs is 1. The van der Waals surface area contributed by atoms with E-state index in [2.05, 4.69) is 10.3 Å². The van der Waals surface area contributed by atoms with Gasteiger partial charge in [0.05, 0.1) is 31.6 Å². The van der Waals surface area contributed by atoms with Crippen LogP contribution >= 0.6 is 0 Å². The Labute approximate surface area is 215 Å². The molecule has 0 N–H and O–H groups in total. The van der Waals surface area contributed by atoms with Crippen molar-refractivity contribution >= 4 is 22.8 Å². The molecule has 10 heteroatoms. The van der Waals surface area contributed by atoms with Gasteiger partial charge in [0.25, 0.3) is 0 Å². The third-order valence-electron chi connectivity index (χ3n) is 7.06. The van der Waals surface area contributed by atoms with Crippen LogP contribution in [-0.2, 0) is 20.9 Å². The number of hydrogen-bond donors (Lipinski definition) is 0. The van der Waals surface area contributed by atoms with Crippen molar-refractivity contribution in [2.75, 3.05) is 39.4 Å². The lowest BCUT2D eigenvalue weighted by molar-refractivity contribution is -0.166. The van der Waals surface area contributed by atoms with Crippen LogP contribution in [0.3, 0.4) is 0 Å². The molecule has 1 atom stereocenters. The van der Waals surface area contributed by atoms with Gasteiger partial charge < -0.3 is 19.3 Å². The van der Waals surface area contributed by atoms with Crippen molar-refractivity contribution in [3.8, 4) is 5.75 Å². The van der Waals surface area contributed by atoms with Gasteiger partial charge in [-0.2, -0.15) is 0 Å². The Hall–Kier alpha value is -3.53. The minimum absolute atomic E-state index is 0.00536. The fourth-order valence-electron chi connectivity index (χ4n) is 5.02. The van der Waals surface area contributed by atoms with Crippen LogP contribution < -0.4 is 4.74 Å². The molecule has 196 valence electrons. The highest BCUT2D eigenvalue weighted by Gasteiger charge is 2.42. The number of carbonyl (C=O) groups excluding carboxylic acids is 2. The van der Waals surface area contributed by atoms with Crippen molar-refractivity contribution < 1.29 is 23.5 Å². The number of halogens is 1. The first kappa shape index (κ1) is 25.1. The molecule has 37 heavy (non-hydrogen) atoms. The number of piperidine rings is 1. The molecule has 3 aromatic rings. The summed E-state index contributed by atoms with van der Waals surface area (Å²) >= 11 is 0. The summed E-state index contributed by atoms with van der Waals surface area (Å²) in [5, 5.41) is 8.33. The van der Waals surface area contributed by atoms with Gasteiger partial charge in [0, 0.05) is 26.1 Å². The first-order chi connectivity index (χ1) is 18.0. The Morgan fingerprint density at radius 1 is 0.973 bits per heavy atom. The van der Waals surface area contributed by atoms with Gasteiger partial charge >= 0.3 is 0 Å². The molecule has 2 aliphatic heterocycles. The number of benzene rings is 2. The molecular weight excluding hydrogens is 477 g/mol. The number of morpholine rings is 1. The van der Waals surface area contributed by atoms with E-state index in [0.717, 1.165) is 43.4 Å². The SMILES string of the molecule is O=C(CC1(COc2ccc(F)cc2)CN(C(=O)CCn2nnc3ccccc32)CCO1)N1CCCCC1. The van der Waals surface area contributed by atoms with Crippen LogP contribution in [0.1, 0.15) is 32.1 Å². The minimum Gasteiger partial charge on any atom is -0.490 e. The zero-order valence-corrected chi connectivity index (χ0v) is 20.9. The molecule has 2 amide bonds. The van der Waals surface area contributed by atoms with Gasteiger partial charge in [0.1, 0.15) is 29.3 Å². The summed E-state index contributed by atoms with van der Waals surface area (Å²) in [5.74, 6) is 0.0924. The second-order valence-corrected chi connectivity index (χ2v) is 9.76. The maximum absolute atomic E-state index is 13.4. The second kappa shape index (κ2) is 11.2. The van der Waals surface area contributed by atoms with Gasteiger partial charge in [-0.3, -0.25) is 9.59 Å². The number of aryl methyl sites for hydroxylation is 1. The summed E-state index contributed by atoms with van der Waals surface area (Å²) < 4.78 is 27.2. The molecule has 0 spiro atoms. The summed E-state index contributed by atoms with van der Waals surface area (Å²) in [7, 11) is 0. The van der Waals surface area contributed by atoms with Gasteiger partial charge in [-0.15, -0.1) is 5.10 Å². The van der Waals surface area contributed by atoms with Crippen molar-refractivity contribution in [3.05, 3.63) is 54.3 Å². The number of likely N-dealkylation sites (tertiary alicyclic amines) is 1. The van der Waals surface area contributed by atoms with E-state index >= 15 is 0 Å². The lowest BCUT2D eigenvalue weighted by Crippen LogP contribution is -2.58. The largest absolute Gasteiger partial charge is 0.490 e. The topological polar surface area (TPSA) is 89.8 Å². The number of ether oxygens (including phenoxy) is 2. The molecule has 0 bridgehead atoms. The first-order valence-electron chi connectivity index (χ1n) is 12.9. The molecule has 2 saturated heterocycles. The molecule has 3 heterocycles. The van der Waals surface area contributed by atoms with E-state index in [1.807, 2.05) is 29.2 Å². The molecule has 9 nitrogen and oxygen atoms in total. The predicted molar refractivity (Wildman–Crippen MR) is 134 cm³/mol. The van der Waals surface area contributed by atoms with E-state index in [1.165, 1.54) is 12.1 Å². The summed E-state index contributed by atoms with van der Waals surface area (Å²) in [6, 6.07) is 13.4. The Kier molecular flexibility index (Phi) is 7.64. The normalized spacial score (nSPS) is 20.2. The van der Waals surface area contributed by atoms with Crippen LogP contribution in [0.2, 0.25) is 0 Å². The summed E-state index contributed by atoms with van der Waals surface area (Å²) in [6.45, 7) is 2.94. The van der Waals surface area contributed by atoms with E-state index in [9.17, 15) is 14.0 Å². The molecule has 1 unspecified atom stereocenters. The summed E-state index contributed by atoms with van der Waals surface area (Å²) in [6.07, 6.45) is 3.48. The molecule has 2 aliphatic rings. The molecule has 1 aromatic heterocycles. The van der Waals surface area contributed by atoms with Crippen molar-refractivity contribution in [2.24, 2.45) is 0 Å². The van der Waals surface area contributed by atoms with Crippen molar-refractivity contribution in [1.82, 2.24) is 24.8 Å². The molecule has 2 aromatic carbocycles. The predicted octanol–water partition coefficient (Wildman–Crippen LogP) is 3.04. The van der Waals surface area contributed by atoms with Crippen LogP contribution in [0.5, 0.6) is 5.75 Å². The van der Waals surface area contributed by atoms with Gasteiger partial charge in [-0.25, -0.2) is 9.07 Å². The van der Waals surface area contributed by atoms with Gasteiger partial charge in [-0.1, -0.05) is 17.3 Å². The minimum atomic E-state index is -0.989. The van der Waals surface area contributed by atoms with Gasteiger partial charge in [0.2, 0.25) is 11.8 Å². The Morgan fingerprint density at radius 2 is 1.76 bits per heavy atom. The highest BCUT2D eigenvalue weighted by atomic mass is 19.1. The van der Waals surface area contributed by atoms with Crippen molar-refractivity contribution in [1.29, 1.82) is 0 Å². The number of hydrogen-bond acceptors (Lipinski definition) is 6. The monoisotopic (exact) mass is 509 g/mol. The highest BCUT2D eigenvalue weighted by molar-refractivity contribution is 5.79. The van der Waals surface area contributed by atoms with Crippen LogP contribution in [-0.4, -0.2) is 81.6 Å². The fraction of sp³-hybridized carbons (Fsp3) is 0.481. The molecule has 0 aliphatic carbocycles. The van der Waals surface area contributed by atoms with E-state index in [-0.39, 0.29) is 43.6 Å². The van der Waals surface area contributed by atoms with E-state index in [0.29, 0.717) is 25.4 Å². The van der Waals surface area contributed by atoms with E-state index in [4.69, 9.17) is 9.47 Å². The molecule has 2 fully saturated rings. The first-order valence-corrected chi connectivity index (χ1v) is 12.9. The zero-order valence-electron chi connectivity index (χ0n) is 20.9. The van der Waals surface area contributed by atoms with E-state index < -0.39 is 5.60 Å². The zero-order chi connectivity index (χ0) is 25.7. The Bertz CT molecular complexity index is 1230. The van der Waals surface area contributed by atoms with Crippen LogP contribution in [0.25, 0.3) is 11.0 Å². The number of aromatic nitrogens is 3. The standard InChI is InChI=1S/C27H32FN5O4/c28-21-8-10-22(11-9-21)36-20-27(18-26(35)31-13-4-1-5-14-31)19-32(16-17-37-27)25(34)12-15-33-24-7-3-2-6-23(24)29-30-33/h2-3,6-11H,1,4-5,12-20H2.